The molecule has 0 aromatic heterocycles. The fraction of sp³-hybridized carbons (Fsp3) is 0.909. The van der Waals surface area contributed by atoms with E-state index >= 15 is 0 Å². The first-order valence-electron chi connectivity index (χ1n) is 5.33. The normalized spacial score (nSPS) is 11.5. The van der Waals surface area contributed by atoms with Crippen molar-refractivity contribution in [3.63, 3.8) is 0 Å². The quantitative estimate of drug-likeness (QED) is 0.672. The van der Waals surface area contributed by atoms with Crippen molar-refractivity contribution in [2.75, 3.05) is 24.4 Å². The number of rotatable bonds is 8. The SMILES string of the molecule is CSCCC(=O)NCC(C)(C)CCCCl. The Balaban J connectivity index is 3.67. The predicted octanol–water partition coefficient (Wildman–Crippen LogP) is 2.90. The summed E-state index contributed by atoms with van der Waals surface area (Å²) in [5, 5.41) is 2.97. The van der Waals surface area contributed by atoms with Gasteiger partial charge in [-0.1, -0.05) is 13.8 Å². The van der Waals surface area contributed by atoms with Crippen LogP contribution in [0.2, 0.25) is 0 Å². The minimum Gasteiger partial charge on any atom is -0.356 e. The Bertz CT molecular complexity index is 185. The van der Waals surface area contributed by atoms with Crippen LogP contribution in [0.1, 0.15) is 33.1 Å². The van der Waals surface area contributed by atoms with E-state index in [-0.39, 0.29) is 11.3 Å². The molecule has 0 aliphatic heterocycles. The van der Waals surface area contributed by atoms with E-state index in [4.69, 9.17) is 11.6 Å². The number of nitrogens with one attached hydrogen (secondary N) is 1. The molecule has 0 heterocycles. The maximum absolute atomic E-state index is 11.4. The Morgan fingerprint density at radius 3 is 2.67 bits per heavy atom. The fourth-order valence-corrected chi connectivity index (χ4v) is 1.78. The monoisotopic (exact) mass is 251 g/mol. The molecule has 0 atom stereocenters. The lowest BCUT2D eigenvalue weighted by molar-refractivity contribution is -0.121. The molecule has 1 N–H and O–H groups in total. The third kappa shape index (κ3) is 9.06. The zero-order chi connectivity index (χ0) is 11.7. The first-order chi connectivity index (χ1) is 7.02. The molecule has 0 bridgehead atoms. The fourth-order valence-electron chi connectivity index (χ4n) is 1.25. The Labute approximate surface area is 103 Å². The Kier molecular flexibility index (Phi) is 8.34. The molecule has 90 valence electrons. The van der Waals surface area contributed by atoms with Crippen molar-refractivity contribution in [2.24, 2.45) is 5.41 Å². The molecule has 0 aliphatic rings. The summed E-state index contributed by atoms with van der Waals surface area (Å²) in [7, 11) is 0. The zero-order valence-electron chi connectivity index (χ0n) is 9.94. The van der Waals surface area contributed by atoms with Crippen LogP contribution in [0.4, 0.5) is 0 Å². The van der Waals surface area contributed by atoms with E-state index in [1.807, 2.05) is 6.26 Å². The lowest BCUT2D eigenvalue weighted by Gasteiger charge is -2.24. The summed E-state index contributed by atoms with van der Waals surface area (Å²) in [4.78, 5) is 11.4. The summed E-state index contributed by atoms with van der Waals surface area (Å²) < 4.78 is 0. The number of hydrogen-bond acceptors (Lipinski definition) is 2. The smallest absolute Gasteiger partial charge is 0.220 e. The molecule has 15 heavy (non-hydrogen) atoms. The molecule has 0 saturated heterocycles. The van der Waals surface area contributed by atoms with Crippen LogP contribution in [-0.2, 0) is 4.79 Å². The third-order valence-electron chi connectivity index (χ3n) is 2.28. The van der Waals surface area contributed by atoms with Crippen molar-refractivity contribution in [1.29, 1.82) is 0 Å². The van der Waals surface area contributed by atoms with Gasteiger partial charge in [-0.15, -0.1) is 11.6 Å². The highest BCUT2D eigenvalue weighted by molar-refractivity contribution is 7.98. The highest BCUT2D eigenvalue weighted by atomic mass is 35.5. The van der Waals surface area contributed by atoms with Gasteiger partial charge in [-0.2, -0.15) is 11.8 Å². The summed E-state index contributed by atoms with van der Waals surface area (Å²) in [6.07, 6.45) is 4.69. The van der Waals surface area contributed by atoms with E-state index in [1.54, 1.807) is 11.8 Å². The number of hydrogen-bond donors (Lipinski definition) is 1. The van der Waals surface area contributed by atoms with Gasteiger partial charge in [0.15, 0.2) is 0 Å². The number of thioether (sulfide) groups is 1. The van der Waals surface area contributed by atoms with Crippen molar-refractivity contribution in [1.82, 2.24) is 5.32 Å². The van der Waals surface area contributed by atoms with Crippen molar-refractivity contribution in [3.05, 3.63) is 0 Å². The Morgan fingerprint density at radius 2 is 2.13 bits per heavy atom. The maximum Gasteiger partial charge on any atom is 0.220 e. The number of carbonyl (C=O) groups is 1. The maximum atomic E-state index is 11.4. The van der Waals surface area contributed by atoms with E-state index in [9.17, 15) is 4.79 Å². The lowest BCUT2D eigenvalue weighted by atomic mass is 9.88. The molecular formula is C11H22ClNOS. The first kappa shape index (κ1) is 15.1. The van der Waals surface area contributed by atoms with Crippen LogP contribution in [0, 0.1) is 5.41 Å². The van der Waals surface area contributed by atoms with E-state index in [0.717, 1.165) is 25.1 Å². The summed E-state index contributed by atoms with van der Waals surface area (Å²) in [6.45, 7) is 5.07. The van der Waals surface area contributed by atoms with Gasteiger partial charge in [0.2, 0.25) is 5.91 Å². The van der Waals surface area contributed by atoms with Crippen molar-refractivity contribution >= 4 is 29.3 Å². The van der Waals surface area contributed by atoms with Crippen molar-refractivity contribution in [3.8, 4) is 0 Å². The second-order valence-corrected chi connectivity index (χ2v) is 5.84. The van der Waals surface area contributed by atoms with Crippen LogP contribution in [0.3, 0.4) is 0 Å². The summed E-state index contributed by atoms with van der Waals surface area (Å²) in [5.41, 5.74) is 0.157. The number of amides is 1. The minimum absolute atomic E-state index is 0.156. The number of carbonyl (C=O) groups excluding carboxylic acids is 1. The Hall–Kier alpha value is 0.110. The molecule has 4 heteroatoms. The standard InChI is InChI=1S/C11H22ClNOS/c1-11(2,6-4-7-12)9-13-10(14)5-8-15-3/h4-9H2,1-3H3,(H,13,14). The number of alkyl halides is 1. The highest BCUT2D eigenvalue weighted by Gasteiger charge is 2.17. The van der Waals surface area contributed by atoms with Crippen LogP contribution >= 0.6 is 23.4 Å². The van der Waals surface area contributed by atoms with Crippen LogP contribution in [0.25, 0.3) is 0 Å². The van der Waals surface area contributed by atoms with E-state index < -0.39 is 0 Å². The molecule has 0 aromatic rings. The van der Waals surface area contributed by atoms with Crippen LogP contribution in [0.15, 0.2) is 0 Å². The molecule has 0 rings (SSSR count). The van der Waals surface area contributed by atoms with E-state index in [0.29, 0.717) is 12.3 Å². The van der Waals surface area contributed by atoms with Gasteiger partial charge in [-0.3, -0.25) is 4.79 Å². The second kappa shape index (κ2) is 8.28. The molecule has 0 spiro atoms. The van der Waals surface area contributed by atoms with Crippen LogP contribution in [0.5, 0.6) is 0 Å². The average Bonchev–Trinajstić information content (AvgIpc) is 2.21. The topological polar surface area (TPSA) is 29.1 Å². The summed E-state index contributed by atoms with van der Waals surface area (Å²) in [5.74, 6) is 1.75. The molecule has 0 aliphatic carbocycles. The largest absolute Gasteiger partial charge is 0.356 e. The van der Waals surface area contributed by atoms with Crippen molar-refractivity contribution in [2.45, 2.75) is 33.1 Å². The zero-order valence-corrected chi connectivity index (χ0v) is 11.5. The lowest BCUT2D eigenvalue weighted by Crippen LogP contribution is -2.34. The number of halogens is 1. The van der Waals surface area contributed by atoms with Gasteiger partial charge in [0.1, 0.15) is 0 Å². The molecule has 1 amide bonds. The molecule has 2 nitrogen and oxygen atoms in total. The van der Waals surface area contributed by atoms with Gasteiger partial charge < -0.3 is 5.32 Å². The van der Waals surface area contributed by atoms with Gasteiger partial charge in [0.05, 0.1) is 0 Å². The summed E-state index contributed by atoms with van der Waals surface area (Å²) in [6, 6.07) is 0. The van der Waals surface area contributed by atoms with Gasteiger partial charge in [0, 0.05) is 24.6 Å². The van der Waals surface area contributed by atoms with Gasteiger partial charge in [0.25, 0.3) is 0 Å². The van der Waals surface area contributed by atoms with Crippen molar-refractivity contribution < 1.29 is 4.79 Å². The van der Waals surface area contributed by atoms with Crippen LogP contribution < -0.4 is 5.32 Å². The Morgan fingerprint density at radius 1 is 1.47 bits per heavy atom. The average molecular weight is 252 g/mol. The van der Waals surface area contributed by atoms with E-state index in [1.165, 1.54) is 0 Å². The first-order valence-corrected chi connectivity index (χ1v) is 7.26. The van der Waals surface area contributed by atoms with Gasteiger partial charge in [-0.25, -0.2) is 0 Å². The van der Waals surface area contributed by atoms with Crippen LogP contribution in [-0.4, -0.2) is 30.3 Å². The summed E-state index contributed by atoms with van der Waals surface area (Å²) >= 11 is 7.35. The second-order valence-electron chi connectivity index (χ2n) is 4.48. The minimum atomic E-state index is 0.156. The van der Waals surface area contributed by atoms with Gasteiger partial charge in [-0.05, 0) is 24.5 Å². The van der Waals surface area contributed by atoms with Gasteiger partial charge >= 0.3 is 0 Å². The molecule has 0 aromatic carbocycles. The third-order valence-corrected chi connectivity index (χ3v) is 3.16. The highest BCUT2D eigenvalue weighted by Crippen LogP contribution is 2.21. The predicted molar refractivity (Wildman–Crippen MR) is 69.7 cm³/mol. The van der Waals surface area contributed by atoms with E-state index in [2.05, 4.69) is 19.2 Å². The molecule has 0 fully saturated rings. The molecular weight excluding hydrogens is 230 g/mol. The molecule has 0 radical (unpaired) electrons. The molecule has 0 unspecified atom stereocenters. The molecule has 0 saturated carbocycles.